The Morgan fingerprint density at radius 1 is 1.44 bits per heavy atom. The molecule has 7 heteroatoms. The van der Waals surface area contributed by atoms with E-state index in [4.69, 9.17) is 0 Å². The van der Waals surface area contributed by atoms with Crippen LogP contribution < -0.4 is 10.0 Å². The minimum Gasteiger partial charge on any atom is -0.368 e. The number of nitrogens with zero attached hydrogens (tertiary/aromatic N) is 2. The van der Waals surface area contributed by atoms with Gasteiger partial charge in [-0.15, -0.1) is 0 Å². The highest BCUT2D eigenvalue weighted by Gasteiger charge is 2.21. The highest BCUT2D eigenvalue weighted by atomic mass is 32.2. The number of anilines is 1. The molecule has 0 aliphatic carbocycles. The van der Waals surface area contributed by atoms with Crippen LogP contribution >= 0.6 is 0 Å². The molecule has 0 saturated carbocycles. The molecule has 1 rings (SSSR count). The Hall–Kier alpha value is -1.21. The predicted molar refractivity (Wildman–Crippen MR) is 62.6 cm³/mol. The zero-order valence-electron chi connectivity index (χ0n) is 9.56. The minimum absolute atomic E-state index is 0.442. The van der Waals surface area contributed by atoms with Crippen LogP contribution in [-0.4, -0.2) is 36.7 Å². The van der Waals surface area contributed by atoms with Gasteiger partial charge in [0.05, 0.1) is 6.26 Å². The van der Waals surface area contributed by atoms with Gasteiger partial charge in [-0.3, -0.25) is 0 Å². The molecule has 0 unspecified atom stereocenters. The number of sulfonamides is 1. The standard InChI is InChI=1S/C9H16N4O2S/c1-9(2,13-16(3,14)15)6-11-8-4-5-10-7-12-8/h4-5,7,13H,6H2,1-3H3,(H,10,11,12). The Kier molecular flexibility index (Phi) is 3.82. The second-order valence-corrected chi connectivity index (χ2v) is 5.95. The van der Waals surface area contributed by atoms with Crippen LogP contribution in [0.4, 0.5) is 5.82 Å². The number of rotatable bonds is 5. The normalized spacial score (nSPS) is 12.4. The summed E-state index contributed by atoms with van der Waals surface area (Å²) in [5.74, 6) is 0.665. The molecule has 0 aromatic carbocycles. The fraction of sp³-hybridized carbons (Fsp3) is 0.556. The van der Waals surface area contributed by atoms with E-state index in [1.807, 2.05) is 0 Å². The topological polar surface area (TPSA) is 84.0 Å². The van der Waals surface area contributed by atoms with Gasteiger partial charge in [0.2, 0.25) is 10.0 Å². The first-order chi connectivity index (χ1) is 7.29. The van der Waals surface area contributed by atoms with E-state index in [2.05, 4.69) is 20.0 Å². The Morgan fingerprint density at radius 3 is 2.62 bits per heavy atom. The lowest BCUT2D eigenvalue weighted by Gasteiger charge is -2.25. The third-order valence-electron chi connectivity index (χ3n) is 1.76. The summed E-state index contributed by atoms with van der Waals surface area (Å²) < 4.78 is 24.7. The molecule has 0 saturated heterocycles. The van der Waals surface area contributed by atoms with Crippen molar-refractivity contribution in [2.24, 2.45) is 0 Å². The summed E-state index contributed by atoms with van der Waals surface area (Å²) in [6.45, 7) is 4.03. The zero-order valence-corrected chi connectivity index (χ0v) is 10.4. The van der Waals surface area contributed by atoms with E-state index in [1.165, 1.54) is 6.33 Å². The third kappa shape index (κ3) is 5.04. The first kappa shape index (κ1) is 12.9. The van der Waals surface area contributed by atoms with Crippen molar-refractivity contribution < 1.29 is 8.42 Å². The highest BCUT2D eigenvalue weighted by Crippen LogP contribution is 2.06. The summed E-state index contributed by atoms with van der Waals surface area (Å²) in [6.07, 6.45) is 4.19. The van der Waals surface area contributed by atoms with Crippen LogP contribution in [0.2, 0.25) is 0 Å². The number of aromatic nitrogens is 2. The van der Waals surface area contributed by atoms with Gasteiger partial charge in [0, 0.05) is 18.3 Å². The van der Waals surface area contributed by atoms with E-state index < -0.39 is 15.6 Å². The monoisotopic (exact) mass is 244 g/mol. The average Bonchev–Trinajstić information content (AvgIpc) is 2.13. The van der Waals surface area contributed by atoms with E-state index >= 15 is 0 Å². The molecule has 1 heterocycles. The molecule has 0 amide bonds. The van der Waals surface area contributed by atoms with Crippen molar-refractivity contribution in [2.45, 2.75) is 19.4 Å². The molecular formula is C9H16N4O2S. The van der Waals surface area contributed by atoms with Crippen molar-refractivity contribution in [3.63, 3.8) is 0 Å². The highest BCUT2D eigenvalue weighted by molar-refractivity contribution is 7.88. The van der Waals surface area contributed by atoms with Gasteiger partial charge >= 0.3 is 0 Å². The third-order valence-corrected chi connectivity index (χ3v) is 2.68. The van der Waals surface area contributed by atoms with Gasteiger partial charge in [0.15, 0.2) is 0 Å². The molecule has 0 fully saturated rings. The molecule has 0 aliphatic heterocycles. The molecule has 16 heavy (non-hydrogen) atoms. The maximum atomic E-state index is 11.1. The maximum Gasteiger partial charge on any atom is 0.209 e. The van der Waals surface area contributed by atoms with Crippen molar-refractivity contribution in [1.29, 1.82) is 0 Å². The van der Waals surface area contributed by atoms with Crippen LogP contribution in [0.25, 0.3) is 0 Å². The Bertz CT molecular complexity index is 430. The van der Waals surface area contributed by atoms with Gasteiger partial charge in [-0.2, -0.15) is 0 Å². The van der Waals surface area contributed by atoms with E-state index in [0.717, 1.165) is 6.26 Å². The summed E-state index contributed by atoms with van der Waals surface area (Å²) in [5, 5.41) is 3.03. The van der Waals surface area contributed by atoms with Crippen molar-refractivity contribution in [2.75, 3.05) is 18.1 Å². The average molecular weight is 244 g/mol. The zero-order chi connectivity index (χ0) is 12.2. The van der Waals surface area contributed by atoms with Crippen LogP contribution in [0, 0.1) is 0 Å². The minimum atomic E-state index is -3.21. The van der Waals surface area contributed by atoms with E-state index in [1.54, 1.807) is 26.1 Å². The first-order valence-electron chi connectivity index (χ1n) is 4.77. The van der Waals surface area contributed by atoms with Crippen molar-refractivity contribution in [3.05, 3.63) is 18.6 Å². The molecule has 1 aromatic heterocycles. The van der Waals surface area contributed by atoms with Crippen molar-refractivity contribution in [1.82, 2.24) is 14.7 Å². The molecular weight excluding hydrogens is 228 g/mol. The fourth-order valence-corrected chi connectivity index (χ4v) is 2.32. The largest absolute Gasteiger partial charge is 0.368 e. The molecule has 0 radical (unpaired) electrons. The molecule has 0 bridgehead atoms. The summed E-state index contributed by atoms with van der Waals surface area (Å²) in [4.78, 5) is 7.77. The summed E-state index contributed by atoms with van der Waals surface area (Å²) in [5.41, 5.74) is -0.571. The Labute approximate surface area is 95.6 Å². The van der Waals surface area contributed by atoms with Gasteiger partial charge in [-0.25, -0.2) is 23.1 Å². The van der Waals surface area contributed by atoms with Crippen LogP contribution in [0.1, 0.15) is 13.8 Å². The lowest BCUT2D eigenvalue weighted by atomic mass is 10.1. The van der Waals surface area contributed by atoms with Crippen LogP contribution in [0.15, 0.2) is 18.6 Å². The summed E-state index contributed by atoms with van der Waals surface area (Å²) in [7, 11) is -3.21. The van der Waals surface area contributed by atoms with E-state index in [9.17, 15) is 8.42 Å². The SMILES string of the molecule is CC(C)(CNc1ccncn1)NS(C)(=O)=O. The van der Waals surface area contributed by atoms with Crippen LogP contribution in [-0.2, 0) is 10.0 Å². The van der Waals surface area contributed by atoms with Gasteiger partial charge in [-0.05, 0) is 19.9 Å². The summed E-state index contributed by atoms with van der Waals surface area (Å²) in [6, 6.07) is 1.72. The maximum absolute atomic E-state index is 11.1. The van der Waals surface area contributed by atoms with Gasteiger partial charge in [0.1, 0.15) is 12.1 Å². The number of hydrogen-bond acceptors (Lipinski definition) is 5. The Morgan fingerprint density at radius 2 is 2.12 bits per heavy atom. The molecule has 90 valence electrons. The van der Waals surface area contributed by atoms with Gasteiger partial charge in [0.25, 0.3) is 0 Å². The van der Waals surface area contributed by atoms with Crippen LogP contribution in [0.5, 0.6) is 0 Å². The first-order valence-corrected chi connectivity index (χ1v) is 6.66. The van der Waals surface area contributed by atoms with Crippen LogP contribution in [0.3, 0.4) is 0 Å². The van der Waals surface area contributed by atoms with Gasteiger partial charge < -0.3 is 5.32 Å². The molecule has 0 atom stereocenters. The second kappa shape index (κ2) is 4.75. The lowest BCUT2D eigenvalue weighted by Crippen LogP contribution is -2.47. The van der Waals surface area contributed by atoms with Crippen molar-refractivity contribution in [3.8, 4) is 0 Å². The number of nitrogens with one attached hydrogen (secondary N) is 2. The molecule has 0 spiro atoms. The summed E-state index contributed by atoms with van der Waals surface area (Å²) >= 11 is 0. The van der Waals surface area contributed by atoms with E-state index in [-0.39, 0.29) is 0 Å². The molecule has 2 N–H and O–H groups in total. The number of hydrogen-bond donors (Lipinski definition) is 2. The van der Waals surface area contributed by atoms with Gasteiger partial charge in [-0.1, -0.05) is 0 Å². The second-order valence-electron chi connectivity index (χ2n) is 4.21. The van der Waals surface area contributed by atoms with E-state index in [0.29, 0.717) is 12.4 Å². The fourth-order valence-electron chi connectivity index (χ4n) is 1.24. The molecule has 0 aliphatic rings. The lowest BCUT2D eigenvalue weighted by molar-refractivity contribution is 0.476. The molecule has 6 nitrogen and oxygen atoms in total. The smallest absolute Gasteiger partial charge is 0.209 e. The predicted octanol–water partition coefficient (Wildman–Crippen LogP) is 0.216. The Balaban J connectivity index is 2.55. The quantitative estimate of drug-likeness (QED) is 0.774. The van der Waals surface area contributed by atoms with Crippen molar-refractivity contribution >= 4 is 15.8 Å². The molecule has 1 aromatic rings.